The number of hydrogen-bond acceptors (Lipinski definition) is 8. The van der Waals surface area contributed by atoms with Crippen molar-refractivity contribution in [1.29, 1.82) is 0 Å². The average Bonchev–Trinajstić information content (AvgIpc) is 2.85. The predicted octanol–water partition coefficient (Wildman–Crippen LogP) is 4.27. The van der Waals surface area contributed by atoms with Crippen molar-refractivity contribution in [3.63, 3.8) is 0 Å². The lowest BCUT2D eigenvalue weighted by atomic mass is 10.2. The lowest BCUT2D eigenvalue weighted by molar-refractivity contribution is 0.312. The smallest absolute Gasteiger partial charge is 0.144 e. The van der Waals surface area contributed by atoms with Crippen LogP contribution >= 0.6 is 0 Å². The van der Waals surface area contributed by atoms with E-state index in [1.54, 1.807) is 25.7 Å². The largest absolute Gasteiger partial charge is 0.494 e. The van der Waals surface area contributed by atoms with Gasteiger partial charge in [-0.1, -0.05) is 6.07 Å². The molecule has 1 aliphatic heterocycles. The molecule has 0 amide bonds. The van der Waals surface area contributed by atoms with Crippen LogP contribution in [0, 0.1) is 0 Å². The molecule has 33 heavy (non-hydrogen) atoms. The number of aromatic nitrogens is 3. The molecular weight excluding hydrogens is 414 g/mol. The zero-order valence-electron chi connectivity index (χ0n) is 18.8. The second-order valence-corrected chi connectivity index (χ2v) is 8.08. The first kappa shape index (κ1) is 21.0. The van der Waals surface area contributed by atoms with Crippen molar-refractivity contribution in [2.24, 2.45) is 0 Å². The van der Waals surface area contributed by atoms with E-state index in [4.69, 9.17) is 4.74 Å². The Morgan fingerprint density at radius 3 is 2.52 bits per heavy atom. The van der Waals surface area contributed by atoms with Crippen molar-refractivity contribution in [2.75, 3.05) is 55.9 Å². The number of nitrogens with zero attached hydrogens (tertiary/aromatic N) is 5. The number of ether oxygens (including phenoxy) is 1. The standard InChI is InChI=1S/C25H27N7O/c1-31-12-14-32(15-13-31)19-6-7-20(23(17-19)33-2)30-24-16-18(8-9-27-24)29-22-5-3-4-21-25(22)28-11-10-26-21/h3-11,16-17H,12-15H2,1-2H3,(H2,27,29,30). The molecule has 3 heterocycles. The minimum Gasteiger partial charge on any atom is -0.494 e. The zero-order chi connectivity index (χ0) is 22.6. The Labute approximate surface area is 193 Å². The number of piperazine rings is 1. The van der Waals surface area contributed by atoms with E-state index in [1.807, 2.05) is 30.3 Å². The SMILES string of the molecule is COc1cc(N2CCN(C)CC2)ccc1Nc1cc(Nc2cccc3nccnc23)ccn1. The van der Waals surface area contributed by atoms with Crippen LogP contribution in [0.3, 0.4) is 0 Å². The van der Waals surface area contributed by atoms with Gasteiger partial charge in [0.05, 0.1) is 24.0 Å². The van der Waals surface area contributed by atoms with Crippen LogP contribution in [0.1, 0.15) is 0 Å². The summed E-state index contributed by atoms with van der Waals surface area (Å²) in [5.74, 6) is 1.51. The molecule has 0 aliphatic carbocycles. The fourth-order valence-electron chi connectivity index (χ4n) is 4.01. The maximum Gasteiger partial charge on any atom is 0.144 e. The molecule has 168 valence electrons. The molecule has 0 unspecified atom stereocenters. The van der Waals surface area contributed by atoms with Crippen LogP contribution in [-0.4, -0.2) is 60.2 Å². The van der Waals surface area contributed by atoms with E-state index in [2.05, 4.69) is 60.6 Å². The number of likely N-dealkylation sites (N-methyl/N-ethyl adjacent to an activating group) is 1. The van der Waals surface area contributed by atoms with Crippen molar-refractivity contribution < 1.29 is 4.74 Å². The van der Waals surface area contributed by atoms with E-state index in [0.29, 0.717) is 0 Å². The number of nitrogens with one attached hydrogen (secondary N) is 2. The van der Waals surface area contributed by atoms with Crippen LogP contribution in [0.5, 0.6) is 5.75 Å². The van der Waals surface area contributed by atoms with E-state index in [-0.39, 0.29) is 0 Å². The molecule has 8 heteroatoms. The van der Waals surface area contributed by atoms with Crippen LogP contribution in [0.4, 0.5) is 28.6 Å². The Morgan fingerprint density at radius 2 is 1.67 bits per heavy atom. The van der Waals surface area contributed by atoms with Gasteiger partial charge in [-0.15, -0.1) is 0 Å². The summed E-state index contributed by atoms with van der Waals surface area (Å²) in [6.45, 7) is 4.16. The maximum atomic E-state index is 5.69. The number of methoxy groups -OCH3 is 1. The summed E-state index contributed by atoms with van der Waals surface area (Å²) in [6.07, 6.45) is 5.17. The van der Waals surface area contributed by atoms with Gasteiger partial charge in [-0.05, 0) is 37.4 Å². The van der Waals surface area contributed by atoms with Crippen molar-refractivity contribution in [1.82, 2.24) is 19.9 Å². The van der Waals surface area contributed by atoms with Gasteiger partial charge in [0.25, 0.3) is 0 Å². The summed E-state index contributed by atoms with van der Waals surface area (Å²) >= 11 is 0. The first-order valence-corrected chi connectivity index (χ1v) is 11.0. The number of anilines is 5. The third-order valence-electron chi connectivity index (χ3n) is 5.85. The van der Waals surface area contributed by atoms with Crippen molar-refractivity contribution in [2.45, 2.75) is 0 Å². The monoisotopic (exact) mass is 441 g/mol. The molecule has 1 aliphatic rings. The summed E-state index contributed by atoms with van der Waals surface area (Å²) < 4.78 is 5.69. The van der Waals surface area contributed by atoms with E-state index in [0.717, 1.165) is 65.8 Å². The number of benzene rings is 2. The topological polar surface area (TPSA) is 78.4 Å². The minimum atomic E-state index is 0.719. The van der Waals surface area contributed by atoms with E-state index >= 15 is 0 Å². The third kappa shape index (κ3) is 4.65. The summed E-state index contributed by atoms with van der Waals surface area (Å²) in [6, 6.07) is 16.1. The average molecular weight is 442 g/mol. The Morgan fingerprint density at radius 1 is 0.818 bits per heavy atom. The highest BCUT2D eigenvalue weighted by molar-refractivity contribution is 5.89. The fraction of sp³-hybridized carbons (Fsp3) is 0.240. The summed E-state index contributed by atoms with van der Waals surface area (Å²) in [7, 11) is 3.86. The molecule has 0 saturated carbocycles. The Hall–Kier alpha value is -3.91. The van der Waals surface area contributed by atoms with Gasteiger partial charge < -0.3 is 25.2 Å². The van der Waals surface area contributed by atoms with Crippen molar-refractivity contribution in [3.05, 3.63) is 67.1 Å². The maximum absolute atomic E-state index is 5.69. The van der Waals surface area contributed by atoms with Crippen molar-refractivity contribution >= 4 is 39.6 Å². The first-order chi connectivity index (χ1) is 16.2. The van der Waals surface area contributed by atoms with Gasteiger partial charge in [-0.3, -0.25) is 9.97 Å². The normalized spacial score (nSPS) is 14.3. The summed E-state index contributed by atoms with van der Waals surface area (Å²) in [4.78, 5) is 18.1. The van der Waals surface area contributed by atoms with Gasteiger partial charge in [0, 0.05) is 68.3 Å². The van der Waals surface area contributed by atoms with E-state index in [1.165, 1.54) is 5.69 Å². The fourth-order valence-corrected chi connectivity index (χ4v) is 4.01. The third-order valence-corrected chi connectivity index (χ3v) is 5.85. The Balaban J connectivity index is 1.35. The summed E-state index contributed by atoms with van der Waals surface area (Å²) in [5, 5.41) is 6.83. The first-order valence-electron chi connectivity index (χ1n) is 11.0. The van der Waals surface area contributed by atoms with Gasteiger partial charge >= 0.3 is 0 Å². The molecule has 0 bridgehead atoms. The van der Waals surface area contributed by atoms with Gasteiger partial charge in [0.15, 0.2) is 0 Å². The van der Waals surface area contributed by atoms with E-state index in [9.17, 15) is 0 Å². The van der Waals surface area contributed by atoms with Crippen LogP contribution in [0.15, 0.2) is 67.1 Å². The zero-order valence-corrected chi connectivity index (χ0v) is 18.8. The number of fused-ring (bicyclic) bond motifs is 1. The number of pyridine rings is 1. The molecule has 0 atom stereocenters. The lowest BCUT2D eigenvalue weighted by Gasteiger charge is -2.34. The molecule has 0 radical (unpaired) electrons. The molecule has 2 aromatic carbocycles. The van der Waals surface area contributed by atoms with Gasteiger partial charge in [-0.2, -0.15) is 0 Å². The minimum absolute atomic E-state index is 0.719. The number of hydrogen-bond donors (Lipinski definition) is 2. The van der Waals surface area contributed by atoms with E-state index < -0.39 is 0 Å². The lowest BCUT2D eigenvalue weighted by Crippen LogP contribution is -2.44. The van der Waals surface area contributed by atoms with Crippen LogP contribution in [-0.2, 0) is 0 Å². The van der Waals surface area contributed by atoms with Crippen LogP contribution in [0.25, 0.3) is 11.0 Å². The Bertz CT molecular complexity index is 1250. The second kappa shape index (κ2) is 9.30. The predicted molar refractivity (Wildman–Crippen MR) is 133 cm³/mol. The van der Waals surface area contributed by atoms with Crippen molar-refractivity contribution in [3.8, 4) is 5.75 Å². The molecule has 1 saturated heterocycles. The second-order valence-electron chi connectivity index (χ2n) is 8.08. The highest BCUT2D eigenvalue weighted by Crippen LogP contribution is 2.33. The van der Waals surface area contributed by atoms with Gasteiger partial charge in [0.1, 0.15) is 17.1 Å². The molecule has 8 nitrogen and oxygen atoms in total. The quantitative estimate of drug-likeness (QED) is 0.459. The molecule has 0 spiro atoms. The van der Waals surface area contributed by atoms with Crippen LogP contribution < -0.4 is 20.3 Å². The Kier molecular flexibility index (Phi) is 5.91. The van der Waals surface area contributed by atoms with Crippen LogP contribution in [0.2, 0.25) is 0 Å². The summed E-state index contributed by atoms with van der Waals surface area (Å²) in [5.41, 5.74) is 5.51. The number of rotatable bonds is 6. The molecule has 5 rings (SSSR count). The molecule has 2 N–H and O–H groups in total. The number of para-hydroxylation sites is 1. The molecule has 1 fully saturated rings. The molecule has 2 aromatic heterocycles. The highest BCUT2D eigenvalue weighted by atomic mass is 16.5. The molecule has 4 aromatic rings. The van der Waals surface area contributed by atoms with Gasteiger partial charge in [-0.25, -0.2) is 4.98 Å². The molecular formula is C25H27N7O. The van der Waals surface area contributed by atoms with Gasteiger partial charge in [0.2, 0.25) is 0 Å². The highest BCUT2D eigenvalue weighted by Gasteiger charge is 2.16.